The lowest BCUT2D eigenvalue weighted by Crippen LogP contribution is -2.53. The maximum absolute atomic E-state index is 14.4. The molecule has 4 rings (SSSR count). The van der Waals surface area contributed by atoms with E-state index in [4.69, 9.17) is 4.74 Å². The summed E-state index contributed by atoms with van der Waals surface area (Å²) in [6, 6.07) is 26.7. The van der Waals surface area contributed by atoms with Crippen LogP contribution in [0.3, 0.4) is 0 Å². The molecule has 0 bridgehead atoms. The molecule has 0 fully saturated rings. The van der Waals surface area contributed by atoms with Crippen molar-refractivity contribution in [3.8, 4) is 5.75 Å². The summed E-state index contributed by atoms with van der Waals surface area (Å²) in [5.74, 6) is -0.984. The van der Waals surface area contributed by atoms with E-state index in [2.05, 4.69) is 5.32 Å². The number of amides is 2. The van der Waals surface area contributed by atoms with Gasteiger partial charge < -0.3 is 15.0 Å². The molecule has 1 atom stereocenters. The first-order chi connectivity index (χ1) is 21.6. The molecule has 10 heteroatoms. The van der Waals surface area contributed by atoms with Crippen molar-refractivity contribution in [1.29, 1.82) is 0 Å². The number of benzene rings is 4. The van der Waals surface area contributed by atoms with Crippen molar-refractivity contribution >= 4 is 27.5 Å². The highest BCUT2D eigenvalue weighted by Gasteiger charge is 2.34. The number of nitrogens with one attached hydrogen (secondary N) is 1. The Balaban J connectivity index is 1.80. The maximum atomic E-state index is 14.4. The van der Waals surface area contributed by atoms with Crippen LogP contribution in [0.5, 0.6) is 5.75 Å². The van der Waals surface area contributed by atoms with E-state index in [9.17, 15) is 22.4 Å². The Morgan fingerprint density at radius 2 is 1.51 bits per heavy atom. The van der Waals surface area contributed by atoms with Crippen LogP contribution in [-0.2, 0) is 32.6 Å². The third-order valence-corrected chi connectivity index (χ3v) is 9.13. The van der Waals surface area contributed by atoms with Gasteiger partial charge in [-0.05, 0) is 86.0 Å². The Morgan fingerprint density at radius 1 is 0.867 bits per heavy atom. The summed E-state index contributed by atoms with van der Waals surface area (Å²) in [4.78, 5) is 29.3. The van der Waals surface area contributed by atoms with Crippen molar-refractivity contribution in [2.45, 2.75) is 44.7 Å². The number of rotatable bonds is 14. The van der Waals surface area contributed by atoms with Gasteiger partial charge in [0.05, 0.1) is 17.2 Å². The van der Waals surface area contributed by atoms with Gasteiger partial charge in [-0.25, -0.2) is 12.8 Å². The summed E-state index contributed by atoms with van der Waals surface area (Å²) < 4.78 is 48.4. The number of hydrogen-bond donors (Lipinski definition) is 1. The van der Waals surface area contributed by atoms with Crippen molar-refractivity contribution in [3.05, 3.63) is 126 Å². The Hall–Kier alpha value is -4.70. The van der Waals surface area contributed by atoms with Crippen molar-refractivity contribution in [2.75, 3.05) is 24.0 Å². The normalized spacial score (nSPS) is 11.8. The number of ether oxygens (including phenoxy) is 1. The fraction of sp³-hybridized carbons (Fsp3) is 0.257. The zero-order valence-corrected chi connectivity index (χ0v) is 26.5. The Labute approximate surface area is 264 Å². The Kier molecular flexibility index (Phi) is 11.3. The molecule has 0 aliphatic rings. The predicted octanol–water partition coefficient (Wildman–Crippen LogP) is 5.50. The summed E-state index contributed by atoms with van der Waals surface area (Å²) in [6.45, 7) is 5.80. The molecule has 0 saturated carbocycles. The molecule has 1 unspecified atom stereocenters. The molecule has 0 saturated heterocycles. The number of likely N-dealkylation sites (N-methyl/N-ethyl adjacent to an activating group) is 1. The minimum absolute atomic E-state index is 0.0772. The van der Waals surface area contributed by atoms with Gasteiger partial charge in [0, 0.05) is 19.5 Å². The lowest BCUT2D eigenvalue weighted by molar-refractivity contribution is -0.140. The first-order valence-corrected chi connectivity index (χ1v) is 16.2. The molecule has 0 spiro atoms. The Morgan fingerprint density at radius 3 is 2.13 bits per heavy atom. The van der Waals surface area contributed by atoms with Gasteiger partial charge in [-0.3, -0.25) is 13.9 Å². The maximum Gasteiger partial charge on any atom is 0.264 e. The minimum Gasteiger partial charge on any atom is -0.494 e. The van der Waals surface area contributed by atoms with E-state index in [0.717, 1.165) is 45.3 Å². The Bertz CT molecular complexity index is 1680. The number of sulfonamides is 1. The van der Waals surface area contributed by atoms with Gasteiger partial charge in [-0.15, -0.1) is 0 Å². The van der Waals surface area contributed by atoms with E-state index >= 15 is 0 Å². The van der Waals surface area contributed by atoms with Crippen LogP contribution in [0.2, 0.25) is 0 Å². The summed E-state index contributed by atoms with van der Waals surface area (Å²) in [5.41, 5.74) is 2.80. The topological polar surface area (TPSA) is 96.0 Å². The minimum atomic E-state index is -4.34. The van der Waals surface area contributed by atoms with E-state index in [1.807, 2.05) is 68.4 Å². The molecule has 0 aliphatic heterocycles. The lowest BCUT2D eigenvalue weighted by atomic mass is 10.0. The van der Waals surface area contributed by atoms with Crippen molar-refractivity contribution in [2.24, 2.45) is 0 Å². The number of anilines is 1. The van der Waals surface area contributed by atoms with Crippen LogP contribution in [0.1, 0.15) is 30.5 Å². The van der Waals surface area contributed by atoms with Gasteiger partial charge >= 0.3 is 0 Å². The highest BCUT2D eigenvalue weighted by atomic mass is 32.2. The molecule has 4 aromatic rings. The fourth-order valence-electron chi connectivity index (χ4n) is 4.95. The average molecular weight is 632 g/mol. The number of aryl methyl sites for hydroxylation is 1. The zero-order chi connectivity index (χ0) is 32.4. The molecule has 236 valence electrons. The monoisotopic (exact) mass is 631 g/mol. The fourth-order valence-corrected chi connectivity index (χ4v) is 6.37. The van der Waals surface area contributed by atoms with Gasteiger partial charge in [0.25, 0.3) is 10.0 Å². The van der Waals surface area contributed by atoms with Crippen LogP contribution in [0.4, 0.5) is 10.1 Å². The molecule has 8 nitrogen and oxygen atoms in total. The van der Waals surface area contributed by atoms with Crippen LogP contribution >= 0.6 is 0 Å². The van der Waals surface area contributed by atoms with Crippen molar-refractivity contribution in [1.82, 2.24) is 10.2 Å². The summed E-state index contributed by atoms with van der Waals surface area (Å²) >= 11 is 0. The molecule has 1 N–H and O–H groups in total. The van der Waals surface area contributed by atoms with Crippen LogP contribution < -0.4 is 14.4 Å². The van der Waals surface area contributed by atoms with Crippen molar-refractivity contribution < 1.29 is 27.1 Å². The molecule has 0 aromatic heterocycles. The predicted molar refractivity (Wildman–Crippen MR) is 173 cm³/mol. The second-order valence-corrected chi connectivity index (χ2v) is 12.3. The number of halogens is 1. The summed E-state index contributed by atoms with van der Waals surface area (Å²) in [6.07, 6.45) is 0.220. The summed E-state index contributed by atoms with van der Waals surface area (Å²) in [5, 5.41) is 2.85. The molecule has 0 radical (unpaired) electrons. The van der Waals surface area contributed by atoms with Gasteiger partial charge in [0.15, 0.2) is 0 Å². The van der Waals surface area contributed by atoms with Crippen LogP contribution in [0.15, 0.2) is 108 Å². The smallest absolute Gasteiger partial charge is 0.264 e. The molecular weight excluding hydrogens is 593 g/mol. The SMILES string of the molecule is CCNC(=O)C(Cc1ccccc1)N(Cc1ccccc1C)C(=O)CN(c1ccc(OCC)cc1)S(=O)(=O)c1ccc(F)cc1. The van der Waals surface area contributed by atoms with E-state index in [1.165, 1.54) is 4.90 Å². The lowest BCUT2D eigenvalue weighted by Gasteiger charge is -2.34. The largest absolute Gasteiger partial charge is 0.494 e. The zero-order valence-electron chi connectivity index (χ0n) is 25.6. The molecular formula is C35H38FN3O5S. The van der Waals surface area contributed by atoms with Gasteiger partial charge in [0.2, 0.25) is 11.8 Å². The highest BCUT2D eigenvalue weighted by Crippen LogP contribution is 2.27. The second kappa shape index (κ2) is 15.3. The third kappa shape index (κ3) is 8.48. The quantitative estimate of drug-likeness (QED) is 0.198. The first kappa shape index (κ1) is 33.2. The number of carbonyl (C=O) groups is 2. The van der Waals surface area contributed by atoms with E-state index in [-0.39, 0.29) is 29.5 Å². The van der Waals surface area contributed by atoms with Crippen molar-refractivity contribution in [3.63, 3.8) is 0 Å². The van der Waals surface area contributed by atoms with Gasteiger partial charge in [0.1, 0.15) is 24.2 Å². The molecule has 2 amide bonds. The highest BCUT2D eigenvalue weighted by molar-refractivity contribution is 7.92. The number of hydrogen-bond acceptors (Lipinski definition) is 5. The number of carbonyl (C=O) groups excluding carboxylic acids is 2. The van der Waals surface area contributed by atoms with E-state index in [0.29, 0.717) is 18.9 Å². The molecule has 0 aliphatic carbocycles. The van der Waals surface area contributed by atoms with Crippen LogP contribution in [-0.4, -0.2) is 50.9 Å². The third-order valence-electron chi connectivity index (χ3n) is 7.34. The second-order valence-electron chi connectivity index (χ2n) is 10.4. The average Bonchev–Trinajstić information content (AvgIpc) is 3.03. The number of nitrogens with zero attached hydrogens (tertiary/aromatic N) is 2. The van der Waals surface area contributed by atoms with Crippen LogP contribution in [0, 0.1) is 12.7 Å². The molecule has 4 aromatic carbocycles. The van der Waals surface area contributed by atoms with Gasteiger partial charge in [-0.2, -0.15) is 0 Å². The van der Waals surface area contributed by atoms with Crippen LogP contribution in [0.25, 0.3) is 0 Å². The molecule has 0 heterocycles. The standard InChI is InChI=1S/C35H38FN3O5S/c1-4-37-35(41)33(23-27-12-7-6-8-13-27)38(24-28-14-10-9-11-26(28)3)34(40)25-39(30-17-19-31(20-18-30)44-5-2)45(42,43)32-21-15-29(36)16-22-32/h6-22,33H,4-5,23-25H2,1-3H3,(H,37,41). The van der Waals surface area contributed by atoms with E-state index < -0.39 is 34.3 Å². The molecule has 45 heavy (non-hydrogen) atoms. The van der Waals surface area contributed by atoms with E-state index in [1.54, 1.807) is 31.2 Å². The first-order valence-electron chi connectivity index (χ1n) is 14.8. The van der Waals surface area contributed by atoms with Gasteiger partial charge in [-0.1, -0.05) is 54.6 Å². The summed E-state index contributed by atoms with van der Waals surface area (Å²) in [7, 11) is -4.34.